The molecular formula is C14H20F2N2O. The maximum atomic E-state index is 13.6. The smallest absolute Gasteiger partial charge is 0.130 e. The van der Waals surface area contributed by atoms with Gasteiger partial charge in [-0.15, -0.1) is 0 Å². The Labute approximate surface area is 112 Å². The normalized spacial score (nSPS) is 18.5. The van der Waals surface area contributed by atoms with E-state index in [1.807, 2.05) is 0 Å². The van der Waals surface area contributed by atoms with Gasteiger partial charge in [0.2, 0.25) is 0 Å². The standard InChI is InChI=1S/C14H20F2N2O/c15-13-3-2-12(14(16)10-13)11-18-5-1-4-17(6-7-18)8-9-19/h2-3,10,19H,1,4-9,11H2. The van der Waals surface area contributed by atoms with Crippen LogP contribution in [0.5, 0.6) is 0 Å². The number of rotatable bonds is 4. The minimum atomic E-state index is -0.536. The summed E-state index contributed by atoms with van der Waals surface area (Å²) in [5.74, 6) is -1.01. The summed E-state index contributed by atoms with van der Waals surface area (Å²) in [7, 11) is 0. The van der Waals surface area contributed by atoms with Crippen molar-refractivity contribution in [1.29, 1.82) is 0 Å². The van der Waals surface area contributed by atoms with Gasteiger partial charge in [0.25, 0.3) is 0 Å². The van der Waals surface area contributed by atoms with Crippen molar-refractivity contribution in [3.63, 3.8) is 0 Å². The van der Waals surface area contributed by atoms with E-state index in [0.717, 1.165) is 38.7 Å². The van der Waals surface area contributed by atoms with Gasteiger partial charge in [0.15, 0.2) is 0 Å². The summed E-state index contributed by atoms with van der Waals surface area (Å²) in [5.41, 5.74) is 0.539. The quantitative estimate of drug-likeness (QED) is 0.897. The molecule has 1 fully saturated rings. The maximum absolute atomic E-state index is 13.6. The van der Waals surface area contributed by atoms with Crippen molar-refractivity contribution in [3.05, 3.63) is 35.4 Å². The van der Waals surface area contributed by atoms with Crippen LogP contribution in [0.15, 0.2) is 18.2 Å². The Hall–Kier alpha value is -1.04. The van der Waals surface area contributed by atoms with Gasteiger partial charge in [0, 0.05) is 37.8 Å². The first-order chi connectivity index (χ1) is 9.19. The highest BCUT2D eigenvalue weighted by atomic mass is 19.1. The summed E-state index contributed by atoms with van der Waals surface area (Å²) in [4.78, 5) is 4.38. The first kappa shape index (κ1) is 14.4. The summed E-state index contributed by atoms with van der Waals surface area (Å²) in [5, 5.41) is 8.93. The predicted molar refractivity (Wildman–Crippen MR) is 69.8 cm³/mol. The second-order valence-electron chi connectivity index (χ2n) is 4.93. The number of β-amino-alcohol motifs (C(OH)–C–C–N with tert-alkyl or cyclic N) is 1. The van der Waals surface area contributed by atoms with Crippen LogP contribution < -0.4 is 0 Å². The van der Waals surface area contributed by atoms with Crippen LogP contribution in [0, 0.1) is 11.6 Å². The summed E-state index contributed by atoms with van der Waals surface area (Å²) < 4.78 is 26.4. The molecule has 1 aliphatic heterocycles. The average molecular weight is 270 g/mol. The molecule has 0 atom stereocenters. The monoisotopic (exact) mass is 270 g/mol. The second kappa shape index (κ2) is 6.93. The molecule has 2 rings (SSSR count). The molecule has 1 aliphatic rings. The number of hydrogen-bond donors (Lipinski definition) is 1. The molecule has 0 bridgehead atoms. The number of halogens is 2. The van der Waals surface area contributed by atoms with E-state index in [1.165, 1.54) is 12.1 Å². The summed E-state index contributed by atoms with van der Waals surface area (Å²) >= 11 is 0. The third kappa shape index (κ3) is 4.23. The minimum Gasteiger partial charge on any atom is -0.395 e. The molecule has 0 saturated carbocycles. The van der Waals surface area contributed by atoms with Gasteiger partial charge in [-0.1, -0.05) is 6.07 Å². The van der Waals surface area contributed by atoms with E-state index in [9.17, 15) is 8.78 Å². The largest absolute Gasteiger partial charge is 0.395 e. The van der Waals surface area contributed by atoms with Gasteiger partial charge < -0.3 is 5.11 Å². The predicted octanol–water partition coefficient (Wildman–Crippen LogP) is 1.46. The number of hydrogen-bond acceptors (Lipinski definition) is 3. The van der Waals surface area contributed by atoms with E-state index >= 15 is 0 Å². The van der Waals surface area contributed by atoms with E-state index in [2.05, 4.69) is 9.80 Å². The molecule has 1 heterocycles. The lowest BCUT2D eigenvalue weighted by Gasteiger charge is -2.21. The molecule has 5 heteroatoms. The van der Waals surface area contributed by atoms with Crippen LogP contribution >= 0.6 is 0 Å². The molecule has 3 nitrogen and oxygen atoms in total. The number of nitrogens with zero attached hydrogens (tertiary/aromatic N) is 2. The molecule has 0 amide bonds. The van der Waals surface area contributed by atoms with E-state index in [0.29, 0.717) is 18.7 Å². The van der Waals surface area contributed by atoms with Crippen LogP contribution in [0.25, 0.3) is 0 Å². The van der Waals surface area contributed by atoms with Crippen LogP contribution in [0.3, 0.4) is 0 Å². The molecule has 0 aliphatic carbocycles. The number of benzene rings is 1. The van der Waals surface area contributed by atoms with Gasteiger partial charge >= 0.3 is 0 Å². The Morgan fingerprint density at radius 2 is 1.79 bits per heavy atom. The van der Waals surface area contributed by atoms with Crippen LogP contribution in [-0.2, 0) is 6.54 Å². The molecular weight excluding hydrogens is 250 g/mol. The highest BCUT2D eigenvalue weighted by Gasteiger charge is 2.15. The van der Waals surface area contributed by atoms with Crippen LogP contribution in [0.2, 0.25) is 0 Å². The first-order valence-corrected chi connectivity index (χ1v) is 6.68. The molecule has 1 aromatic carbocycles. The molecule has 0 spiro atoms. The molecule has 0 unspecified atom stereocenters. The average Bonchev–Trinajstić information content (AvgIpc) is 2.59. The highest BCUT2D eigenvalue weighted by Crippen LogP contribution is 2.13. The number of aliphatic hydroxyl groups is 1. The molecule has 1 saturated heterocycles. The molecule has 19 heavy (non-hydrogen) atoms. The zero-order valence-corrected chi connectivity index (χ0v) is 11.0. The van der Waals surface area contributed by atoms with Crippen molar-refractivity contribution in [2.45, 2.75) is 13.0 Å². The zero-order valence-electron chi connectivity index (χ0n) is 11.0. The third-order valence-corrected chi connectivity index (χ3v) is 3.51. The summed E-state index contributed by atoms with van der Waals surface area (Å²) in [6, 6.07) is 3.75. The SMILES string of the molecule is OCCN1CCCN(Cc2ccc(F)cc2F)CC1. The van der Waals surface area contributed by atoms with Gasteiger partial charge in [0.1, 0.15) is 11.6 Å². The lowest BCUT2D eigenvalue weighted by atomic mass is 10.2. The minimum absolute atomic E-state index is 0.173. The van der Waals surface area contributed by atoms with Crippen molar-refractivity contribution < 1.29 is 13.9 Å². The zero-order chi connectivity index (χ0) is 13.7. The topological polar surface area (TPSA) is 26.7 Å². The summed E-state index contributed by atoms with van der Waals surface area (Å²) in [6.45, 7) is 4.96. The maximum Gasteiger partial charge on any atom is 0.130 e. The first-order valence-electron chi connectivity index (χ1n) is 6.68. The molecule has 1 aromatic rings. The highest BCUT2D eigenvalue weighted by molar-refractivity contribution is 5.18. The van der Waals surface area contributed by atoms with Crippen molar-refractivity contribution in [2.75, 3.05) is 39.3 Å². The van der Waals surface area contributed by atoms with Crippen molar-refractivity contribution in [3.8, 4) is 0 Å². The van der Waals surface area contributed by atoms with Gasteiger partial charge in [-0.25, -0.2) is 8.78 Å². The summed E-state index contributed by atoms with van der Waals surface area (Å²) in [6.07, 6.45) is 1.00. The van der Waals surface area contributed by atoms with Crippen LogP contribution in [0.1, 0.15) is 12.0 Å². The van der Waals surface area contributed by atoms with Crippen molar-refractivity contribution in [2.24, 2.45) is 0 Å². The number of aliphatic hydroxyl groups excluding tert-OH is 1. The van der Waals surface area contributed by atoms with Crippen LogP contribution in [-0.4, -0.2) is 54.2 Å². The van der Waals surface area contributed by atoms with E-state index in [4.69, 9.17) is 5.11 Å². The molecule has 0 aromatic heterocycles. The lowest BCUT2D eigenvalue weighted by Crippen LogP contribution is -2.32. The Balaban J connectivity index is 1.92. The molecule has 1 N–H and O–H groups in total. The van der Waals surface area contributed by atoms with Gasteiger partial charge in [-0.3, -0.25) is 9.80 Å². The van der Waals surface area contributed by atoms with E-state index < -0.39 is 11.6 Å². The Morgan fingerprint density at radius 1 is 1.05 bits per heavy atom. The van der Waals surface area contributed by atoms with Gasteiger partial charge in [0.05, 0.1) is 6.61 Å². The van der Waals surface area contributed by atoms with Crippen molar-refractivity contribution in [1.82, 2.24) is 9.80 Å². The Bertz CT molecular complexity index is 414. The van der Waals surface area contributed by atoms with Gasteiger partial charge in [-0.05, 0) is 25.6 Å². The van der Waals surface area contributed by atoms with E-state index in [1.54, 1.807) is 0 Å². The molecule has 106 valence electrons. The fraction of sp³-hybridized carbons (Fsp3) is 0.571. The Kier molecular flexibility index (Phi) is 5.24. The lowest BCUT2D eigenvalue weighted by molar-refractivity contribution is 0.195. The van der Waals surface area contributed by atoms with Crippen LogP contribution in [0.4, 0.5) is 8.78 Å². The van der Waals surface area contributed by atoms with E-state index in [-0.39, 0.29) is 6.61 Å². The second-order valence-corrected chi connectivity index (χ2v) is 4.93. The Morgan fingerprint density at radius 3 is 2.53 bits per heavy atom. The van der Waals surface area contributed by atoms with Crippen molar-refractivity contribution >= 4 is 0 Å². The molecule has 0 radical (unpaired) electrons. The fourth-order valence-electron chi connectivity index (χ4n) is 2.44. The van der Waals surface area contributed by atoms with Gasteiger partial charge in [-0.2, -0.15) is 0 Å². The third-order valence-electron chi connectivity index (χ3n) is 3.51. The fourth-order valence-corrected chi connectivity index (χ4v) is 2.44.